The number of carbonyl (C=O) groups is 1. The molecule has 0 amide bonds. The van der Waals surface area contributed by atoms with Crippen LogP contribution in [0.5, 0.6) is 0 Å². The Balaban J connectivity index is 0.000000671. The SMILES string of the molecule is CCOC(=O)C1CCCNC1.CN. The first-order valence-corrected chi connectivity index (χ1v) is 4.79. The van der Waals surface area contributed by atoms with Crippen molar-refractivity contribution in [1.29, 1.82) is 0 Å². The first kappa shape index (κ1) is 12.4. The lowest BCUT2D eigenvalue weighted by molar-refractivity contribution is -0.148. The van der Waals surface area contributed by atoms with Crippen molar-refractivity contribution in [2.75, 3.05) is 26.7 Å². The molecule has 1 atom stereocenters. The average molecular weight is 188 g/mol. The molecule has 1 aliphatic rings. The number of rotatable bonds is 2. The van der Waals surface area contributed by atoms with Crippen LogP contribution in [-0.4, -0.2) is 32.7 Å². The fraction of sp³-hybridized carbons (Fsp3) is 0.889. The quantitative estimate of drug-likeness (QED) is 0.604. The molecule has 1 saturated heterocycles. The van der Waals surface area contributed by atoms with E-state index >= 15 is 0 Å². The minimum atomic E-state index is -0.0419. The number of hydrogen-bond acceptors (Lipinski definition) is 4. The maximum absolute atomic E-state index is 11.1. The van der Waals surface area contributed by atoms with Gasteiger partial charge in [0.05, 0.1) is 12.5 Å². The molecule has 1 unspecified atom stereocenters. The van der Waals surface area contributed by atoms with Crippen LogP contribution in [0.25, 0.3) is 0 Å². The summed E-state index contributed by atoms with van der Waals surface area (Å²) in [5.41, 5.74) is 4.50. The molecule has 0 aliphatic carbocycles. The van der Waals surface area contributed by atoms with Gasteiger partial charge >= 0.3 is 5.97 Å². The Kier molecular flexibility index (Phi) is 7.63. The smallest absolute Gasteiger partial charge is 0.310 e. The second-order valence-electron chi connectivity index (χ2n) is 2.80. The van der Waals surface area contributed by atoms with Gasteiger partial charge in [0.1, 0.15) is 0 Å². The molecule has 0 radical (unpaired) electrons. The van der Waals surface area contributed by atoms with E-state index in [1.807, 2.05) is 6.92 Å². The number of nitrogens with two attached hydrogens (primary N) is 1. The number of hydrogen-bond donors (Lipinski definition) is 2. The second-order valence-corrected chi connectivity index (χ2v) is 2.80. The third-order valence-electron chi connectivity index (χ3n) is 1.92. The van der Waals surface area contributed by atoms with Crippen molar-refractivity contribution in [3.05, 3.63) is 0 Å². The van der Waals surface area contributed by atoms with Crippen molar-refractivity contribution < 1.29 is 9.53 Å². The van der Waals surface area contributed by atoms with E-state index in [1.165, 1.54) is 7.05 Å². The van der Waals surface area contributed by atoms with E-state index in [0.29, 0.717) is 6.61 Å². The van der Waals surface area contributed by atoms with Gasteiger partial charge in [-0.15, -0.1) is 0 Å². The molecule has 4 heteroatoms. The topological polar surface area (TPSA) is 64.3 Å². The highest BCUT2D eigenvalue weighted by Gasteiger charge is 2.21. The summed E-state index contributed by atoms with van der Waals surface area (Å²) in [6.07, 6.45) is 2.06. The molecule has 78 valence electrons. The Bertz CT molecular complexity index is 134. The third-order valence-corrected chi connectivity index (χ3v) is 1.92. The molecule has 1 rings (SSSR count). The standard InChI is InChI=1S/C8H15NO2.CH5N/c1-2-11-8(10)7-4-3-5-9-6-7;1-2/h7,9H,2-6H2,1H3;2H2,1H3. The van der Waals surface area contributed by atoms with Crippen molar-refractivity contribution in [1.82, 2.24) is 5.32 Å². The molecule has 4 nitrogen and oxygen atoms in total. The van der Waals surface area contributed by atoms with Crippen LogP contribution in [0.1, 0.15) is 19.8 Å². The predicted octanol–water partition coefficient (Wildman–Crippen LogP) is 0.124. The number of nitrogens with one attached hydrogen (secondary N) is 1. The van der Waals surface area contributed by atoms with Crippen LogP contribution in [0.4, 0.5) is 0 Å². The maximum atomic E-state index is 11.1. The van der Waals surface area contributed by atoms with Gasteiger partial charge in [-0.3, -0.25) is 4.79 Å². The Morgan fingerprint density at radius 2 is 2.31 bits per heavy atom. The molecule has 0 spiro atoms. The number of carbonyl (C=O) groups excluding carboxylic acids is 1. The third kappa shape index (κ3) is 4.85. The van der Waals surface area contributed by atoms with Gasteiger partial charge in [-0.1, -0.05) is 0 Å². The van der Waals surface area contributed by atoms with Crippen molar-refractivity contribution in [2.24, 2.45) is 11.7 Å². The molecule has 0 saturated carbocycles. The van der Waals surface area contributed by atoms with Crippen LogP contribution in [0, 0.1) is 5.92 Å². The molecular weight excluding hydrogens is 168 g/mol. The van der Waals surface area contributed by atoms with Crippen LogP contribution in [-0.2, 0) is 9.53 Å². The Morgan fingerprint density at radius 3 is 2.77 bits per heavy atom. The van der Waals surface area contributed by atoms with Gasteiger partial charge < -0.3 is 15.8 Å². The van der Waals surface area contributed by atoms with Gasteiger partial charge in [0.25, 0.3) is 0 Å². The van der Waals surface area contributed by atoms with Gasteiger partial charge in [-0.25, -0.2) is 0 Å². The summed E-state index contributed by atoms with van der Waals surface area (Å²) in [5, 5.41) is 3.17. The fourth-order valence-electron chi connectivity index (χ4n) is 1.31. The molecule has 3 N–H and O–H groups in total. The fourth-order valence-corrected chi connectivity index (χ4v) is 1.31. The summed E-state index contributed by atoms with van der Waals surface area (Å²) >= 11 is 0. The highest BCUT2D eigenvalue weighted by atomic mass is 16.5. The van der Waals surface area contributed by atoms with Gasteiger partial charge in [0.15, 0.2) is 0 Å². The van der Waals surface area contributed by atoms with E-state index < -0.39 is 0 Å². The van der Waals surface area contributed by atoms with Crippen molar-refractivity contribution in [2.45, 2.75) is 19.8 Å². The summed E-state index contributed by atoms with van der Waals surface area (Å²) in [7, 11) is 1.50. The molecule has 13 heavy (non-hydrogen) atoms. The first-order chi connectivity index (χ1) is 6.34. The van der Waals surface area contributed by atoms with Gasteiger partial charge in [-0.05, 0) is 33.4 Å². The van der Waals surface area contributed by atoms with Crippen LogP contribution < -0.4 is 11.1 Å². The highest BCUT2D eigenvalue weighted by molar-refractivity contribution is 5.72. The van der Waals surface area contributed by atoms with Gasteiger partial charge in [0.2, 0.25) is 0 Å². The predicted molar refractivity (Wildman–Crippen MR) is 52.3 cm³/mol. The summed E-state index contributed by atoms with van der Waals surface area (Å²) in [5.74, 6) is 0.0587. The number of piperidine rings is 1. The Labute approximate surface area is 79.8 Å². The number of ether oxygens (including phenoxy) is 1. The lowest BCUT2D eigenvalue weighted by Crippen LogP contribution is -2.35. The maximum Gasteiger partial charge on any atom is 0.310 e. The van der Waals surface area contributed by atoms with E-state index in [0.717, 1.165) is 25.9 Å². The van der Waals surface area contributed by atoms with Crippen molar-refractivity contribution in [3.8, 4) is 0 Å². The molecule has 0 aromatic heterocycles. The van der Waals surface area contributed by atoms with Crippen molar-refractivity contribution >= 4 is 5.97 Å². The van der Waals surface area contributed by atoms with Gasteiger partial charge in [0, 0.05) is 6.54 Å². The minimum Gasteiger partial charge on any atom is -0.466 e. The zero-order valence-corrected chi connectivity index (χ0v) is 8.51. The van der Waals surface area contributed by atoms with Crippen LogP contribution in [0.15, 0.2) is 0 Å². The van der Waals surface area contributed by atoms with Crippen molar-refractivity contribution in [3.63, 3.8) is 0 Å². The molecule has 0 aromatic rings. The first-order valence-electron chi connectivity index (χ1n) is 4.79. The molecule has 1 heterocycles. The van der Waals surface area contributed by atoms with E-state index in [4.69, 9.17) is 4.74 Å². The highest BCUT2D eigenvalue weighted by Crippen LogP contribution is 2.11. The summed E-state index contributed by atoms with van der Waals surface area (Å²) in [4.78, 5) is 11.1. The minimum absolute atomic E-state index is 0.0419. The van der Waals surface area contributed by atoms with E-state index in [2.05, 4.69) is 11.1 Å². The molecule has 0 aromatic carbocycles. The van der Waals surface area contributed by atoms with Gasteiger partial charge in [-0.2, -0.15) is 0 Å². The van der Waals surface area contributed by atoms with E-state index in [9.17, 15) is 4.79 Å². The number of esters is 1. The normalized spacial score (nSPS) is 21.3. The van der Waals surface area contributed by atoms with E-state index in [-0.39, 0.29) is 11.9 Å². The molecule has 1 fully saturated rings. The summed E-state index contributed by atoms with van der Waals surface area (Å²) in [6.45, 7) is 4.16. The van der Waals surface area contributed by atoms with Crippen LogP contribution in [0.2, 0.25) is 0 Å². The Morgan fingerprint density at radius 1 is 1.62 bits per heavy atom. The molecular formula is C9H20N2O2. The zero-order valence-electron chi connectivity index (χ0n) is 8.51. The monoisotopic (exact) mass is 188 g/mol. The average Bonchev–Trinajstić information content (AvgIpc) is 2.23. The molecule has 0 bridgehead atoms. The van der Waals surface area contributed by atoms with E-state index in [1.54, 1.807) is 0 Å². The van der Waals surface area contributed by atoms with Crippen LogP contribution in [0.3, 0.4) is 0 Å². The zero-order chi connectivity index (χ0) is 10.1. The summed E-state index contributed by atoms with van der Waals surface area (Å²) in [6, 6.07) is 0. The Hall–Kier alpha value is -0.610. The van der Waals surface area contributed by atoms with Crippen LogP contribution >= 0.6 is 0 Å². The second kappa shape index (κ2) is 8.01. The largest absolute Gasteiger partial charge is 0.466 e. The summed E-state index contributed by atoms with van der Waals surface area (Å²) < 4.78 is 4.90. The lowest BCUT2D eigenvalue weighted by atomic mass is 10.0. The molecule has 1 aliphatic heterocycles. The lowest BCUT2D eigenvalue weighted by Gasteiger charge is -2.20.